The first-order valence-electron chi connectivity index (χ1n) is 36.3. The van der Waals surface area contributed by atoms with Crippen molar-refractivity contribution in [2.24, 2.45) is 0 Å². The number of amides is 3. The number of hydrogen-bond acceptors (Lipinski definition) is 38. The van der Waals surface area contributed by atoms with E-state index in [1.54, 1.807) is 60.7 Å². The van der Waals surface area contributed by atoms with Crippen LogP contribution in [-0.4, -0.2) is 378 Å². The molecule has 6 heterocycles. The molecule has 12 unspecified atom stereocenters. The van der Waals surface area contributed by atoms with E-state index >= 15 is 0 Å². The highest BCUT2D eigenvalue weighted by atomic mass is 16.8. The summed E-state index contributed by atoms with van der Waals surface area (Å²) in [6.45, 7) is -4.25. The maximum absolute atomic E-state index is 13.7. The number of aliphatic hydroxyl groups is 18. The molecule has 3 aromatic rings. The van der Waals surface area contributed by atoms with Crippen LogP contribution in [0.25, 0.3) is 11.1 Å². The van der Waals surface area contributed by atoms with Crippen molar-refractivity contribution in [3.8, 4) is 22.6 Å². The molecule has 112 heavy (non-hydrogen) atoms. The molecule has 3 aromatic carbocycles. The second kappa shape index (κ2) is 42.5. The highest BCUT2D eigenvalue weighted by molar-refractivity contribution is 5.92. The molecule has 21 N–H and O–H groups in total. The van der Waals surface area contributed by atoms with Crippen molar-refractivity contribution in [2.75, 3.05) is 72.6 Å². The fraction of sp³-hybridized carbons (Fsp3) is 0.676. The third-order valence-corrected chi connectivity index (χ3v) is 19.3. The van der Waals surface area contributed by atoms with E-state index in [1.807, 2.05) is 0 Å². The lowest BCUT2D eigenvalue weighted by molar-refractivity contribution is -0.376. The number of esters is 1. The van der Waals surface area contributed by atoms with Crippen LogP contribution in [0.15, 0.2) is 72.8 Å². The van der Waals surface area contributed by atoms with E-state index in [0.717, 1.165) is 13.8 Å². The molecule has 0 aromatic heterocycles. The number of ketones is 1. The standard InChI is InChI=1S/C71H101N3O38/c1-31(81)73-47-53(89)61(109-70-59(95)63(51(87)42(24-77)105-70)111-68-57(93)55(91)49(85)40(22-75)103-68)44(26-79)107-66(47)98-16-7-6-13-37(83)29-100-39-20-35(18-36(21-39)65(97)102-28-33-10-4-3-5-11-33)34-12-8-14-38(19-34)101-30-46(84)72-15-9-17-99-67-48(74-32(2)82)54(90)62(45(27-80)108-67)110-71-60(96)64(52(88)43(25-78)106-71)112-69-58(94)56(92)50(86)41(23-76)104-69/h3-5,8,10-12,14,18-21,40-45,47-64,66-71,75-80,85-96H,6-7,9,13,15-17,22-30H2,1-2H3,(H,72,84)(H,73,81)(H,74,82)/t40?,41?,42?,43?,44?,45?,47?,48?,49-,50-,51-,52-,53+,54+,55-,56-,57?,58?,59?,60?,61+,62+,63-,64-,66+,67+,68+,69+,70-,71-/m0/s1. The topological polar surface area (TPSA) is 624 Å². The van der Waals surface area contributed by atoms with Gasteiger partial charge in [-0.2, -0.15) is 0 Å². The molecule has 0 spiro atoms. The van der Waals surface area contributed by atoms with Crippen molar-refractivity contribution in [1.29, 1.82) is 0 Å². The average Bonchev–Trinajstić information content (AvgIpc) is 0.778. The van der Waals surface area contributed by atoms with Crippen LogP contribution in [0.5, 0.6) is 11.5 Å². The smallest absolute Gasteiger partial charge is 0.338 e. The highest BCUT2D eigenvalue weighted by Gasteiger charge is 2.57. The number of nitrogens with one attached hydrogen (secondary N) is 3. The van der Waals surface area contributed by atoms with E-state index < -0.39 is 261 Å². The summed E-state index contributed by atoms with van der Waals surface area (Å²) in [4.78, 5) is 65.2. The Morgan fingerprint density at radius 1 is 0.402 bits per heavy atom. The van der Waals surface area contributed by atoms with Crippen molar-refractivity contribution in [3.05, 3.63) is 83.9 Å². The van der Waals surface area contributed by atoms with Gasteiger partial charge in [-0.25, -0.2) is 4.79 Å². The second-order valence-electron chi connectivity index (χ2n) is 27.4. The Morgan fingerprint density at radius 2 is 0.839 bits per heavy atom. The van der Waals surface area contributed by atoms with Gasteiger partial charge in [0, 0.05) is 33.4 Å². The molecule has 3 amide bonds. The maximum atomic E-state index is 13.7. The fourth-order valence-electron chi connectivity index (χ4n) is 13.3. The summed E-state index contributed by atoms with van der Waals surface area (Å²) in [6, 6.07) is 17.0. The van der Waals surface area contributed by atoms with Crippen LogP contribution in [0.3, 0.4) is 0 Å². The lowest BCUT2D eigenvalue weighted by atomic mass is 9.95. The van der Waals surface area contributed by atoms with Gasteiger partial charge in [-0.3, -0.25) is 19.2 Å². The second-order valence-corrected chi connectivity index (χ2v) is 27.4. The molecule has 0 aliphatic carbocycles. The first-order chi connectivity index (χ1) is 53.6. The Morgan fingerprint density at radius 3 is 1.32 bits per heavy atom. The number of carbonyl (C=O) groups is 5. The van der Waals surface area contributed by atoms with Gasteiger partial charge in [0.2, 0.25) is 11.8 Å². The molecule has 41 heteroatoms. The number of benzene rings is 3. The largest absolute Gasteiger partial charge is 0.486 e. The van der Waals surface area contributed by atoms with Gasteiger partial charge < -0.3 is 179 Å². The van der Waals surface area contributed by atoms with Crippen LogP contribution < -0.4 is 25.4 Å². The predicted octanol–water partition coefficient (Wildman–Crippen LogP) is -9.07. The quantitative estimate of drug-likeness (QED) is 0.0188. The van der Waals surface area contributed by atoms with Crippen LogP contribution in [0.4, 0.5) is 0 Å². The summed E-state index contributed by atoms with van der Waals surface area (Å²) in [5.74, 6) is -2.70. The minimum absolute atomic E-state index is 0.000319. The van der Waals surface area contributed by atoms with E-state index in [1.165, 1.54) is 12.1 Å². The average molecular weight is 1600 g/mol. The van der Waals surface area contributed by atoms with Crippen molar-refractivity contribution in [1.82, 2.24) is 16.0 Å². The Labute approximate surface area is 639 Å². The first-order valence-corrected chi connectivity index (χ1v) is 36.3. The molecule has 6 saturated heterocycles. The molecule has 9 rings (SSSR count). The van der Waals surface area contributed by atoms with Crippen LogP contribution in [0.2, 0.25) is 0 Å². The van der Waals surface area contributed by atoms with Gasteiger partial charge in [-0.1, -0.05) is 42.5 Å². The summed E-state index contributed by atoms with van der Waals surface area (Å²) < 4.78 is 86.3. The van der Waals surface area contributed by atoms with Crippen LogP contribution in [-0.2, 0) is 87.4 Å². The van der Waals surface area contributed by atoms with Crippen LogP contribution >= 0.6 is 0 Å². The van der Waals surface area contributed by atoms with Gasteiger partial charge in [0.25, 0.3) is 5.91 Å². The number of aliphatic hydroxyl groups excluding tert-OH is 18. The minimum atomic E-state index is -2.03. The van der Waals surface area contributed by atoms with Gasteiger partial charge in [-0.05, 0) is 66.3 Å². The molecule has 6 aliphatic rings. The van der Waals surface area contributed by atoms with E-state index in [9.17, 15) is 116 Å². The van der Waals surface area contributed by atoms with Crippen molar-refractivity contribution >= 4 is 29.5 Å². The SMILES string of the molecule is CC(=O)NC1[C@H](OCCCCC(=O)COc2cc(C(=O)OCc3ccccc3)cc(-c3cccc(OCC(=O)NCCCO[C@@H]4OC(CO)[C@@H](O[C@@H]5OC(CO)[C@H](O)[C@H](O[C@H]6OC(CO)[C@H](O)[C@H](O)C6O)C5O)[C@H](O)C4NC(C)=O)c3)c2)OC(CO)[C@@H](O[C@@H]2OC(CO)[C@H](O)[C@H](O[C@H]3OC(CO)[C@H](O)[C@H](O)C3O)C2O)[C@@H]1O. The highest BCUT2D eigenvalue weighted by Crippen LogP contribution is 2.37. The Hall–Kier alpha value is -6.39. The first kappa shape index (κ1) is 89.5. The Bertz CT molecular complexity index is 3440. The third kappa shape index (κ3) is 22.8. The number of rotatable bonds is 37. The van der Waals surface area contributed by atoms with Crippen LogP contribution in [0, 0.1) is 0 Å². The number of hydrogen-bond donors (Lipinski definition) is 21. The summed E-state index contributed by atoms with van der Waals surface area (Å²) in [5, 5.41) is 199. The number of Topliss-reactive ketones (excluding diaryl/α,β-unsaturated/α-hetero) is 1. The van der Waals surface area contributed by atoms with Crippen molar-refractivity contribution in [2.45, 2.75) is 230 Å². The van der Waals surface area contributed by atoms with Crippen molar-refractivity contribution in [3.63, 3.8) is 0 Å². The summed E-state index contributed by atoms with van der Waals surface area (Å²) in [7, 11) is 0. The number of unbranched alkanes of at least 4 members (excludes halogenated alkanes) is 1. The van der Waals surface area contributed by atoms with Crippen LogP contribution in [0.1, 0.15) is 55.5 Å². The molecular weight excluding hydrogens is 1500 g/mol. The monoisotopic (exact) mass is 1600 g/mol. The Kier molecular flexibility index (Phi) is 34.0. The molecule has 0 bridgehead atoms. The molecular formula is C71H101N3O38. The van der Waals surface area contributed by atoms with Crippen molar-refractivity contribution < 1.29 is 187 Å². The molecule has 0 radical (unpaired) electrons. The zero-order valence-corrected chi connectivity index (χ0v) is 60.8. The van der Waals surface area contributed by atoms with Gasteiger partial charge >= 0.3 is 5.97 Å². The minimum Gasteiger partial charge on any atom is -0.486 e. The Balaban J connectivity index is 0.752. The lowest BCUT2D eigenvalue weighted by Gasteiger charge is -2.48. The number of ether oxygens (including phenoxy) is 15. The van der Waals surface area contributed by atoms with Gasteiger partial charge in [-0.15, -0.1) is 0 Å². The summed E-state index contributed by atoms with van der Waals surface area (Å²) in [5.41, 5.74) is 1.65. The summed E-state index contributed by atoms with van der Waals surface area (Å²) >= 11 is 0. The molecule has 0 saturated carbocycles. The predicted molar refractivity (Wildman–Crippen MR) is 368 cm³/mol. The van der Waals surface area contributed by atoms with E-state index in [-0.39, 0.29) is 74.9 Å². The van der Waals surface area contributed by atoms with Gasteiger partial charge in [0.15, 0.2) is 50.1 Å². The third-order valence-electron chi connectivity index (χ3n) is 19.3. The van der Waals surface area contributed by atoms with E-state index in [2.05, 4.69) is 16.0 Å². The lowest BCUT2D eigenvalue weighted by Crippen LogP contribution is -2.68. The zero-order valence-electron chi connectivity index (χ0n) is 60.8. The zero-order chi connectivity index (χ0) is 81.2. The maximum Gasteiger partial charge on any atom is 0.338 e. The van der Waals surface area contributed by atoms with E-state index in [0.29, 0.717) is 16.7 Å². The normalized spacial score (nSPS) is 36.2. The molecule has 41 nitrogen and oxygen atoms in total. The molecule has 30 atom stereocenters. The van der Waals surface area contributed by atoms with E-state index in [4.69, 9.17) is 71.1 Å². The summed E-state index contributed by atoms with van der Waals surface area (Å²) in [6.07, 6.45) is -48.5. The molecule has 628 valence electrons. The molecule has 6 fully saturated rings. The molecule has 6 aliphatic heterocycles. The number of carbonyl (C=O) groups excluding carboxylic acids is 5. The van der Waals surface area contributed by atoms with Gasteiger partial charge in [0.05, 0.1) is 51.8 Å². The fourth-order valence-corrected chi connectivity index (χ4v) is 13.3. The van der Waals surface area contributed by atoms with Gasteiger partial charge in [0.1, 0.15) is 171 Å².